The van der Waals surface area contributed by atoms with Gasteiger partial charge in [-0.3, -0.25) is 4.79 Å². The van der Waals surface area contributed by atoms with Crippen LogP contribution in [0.1, 0.15) is 26.4 Å². The van der Waals surface area contributed by atoms with Crippen molar-refractivity contribution in [2.75, 3.05) is 7.11 Å². The van der Waals surface area contributed by atoms with Gasteiger partial charge in [0.05, 0.1) is 7.11 Å². The molecule has 0 aliphatic heterocycles. The number of carbonyl (C=O) groups is 1. The van der Waals surface area contributed by atoms with Crippen LogP contribution in [0.4, 0.5) is 0 Å². The van der Waals surface area contributed by atoms with Crippen LogP contribution in [-0.4, -0.2) is 12.9 Å². The van der Waals surface area contributed by atoms with Crippen LogP contribution in [0.2, 0.25) is 0 Å². The molecule has 0 spiro atoms. The first-order chi connectivity index (χ1) is 6.45. The van der Waals surface area contributed by atoms with Crippen LogP contribution < -0.4 is 4.74 Å². The van der Waals surface area contributed by atoms with E-state index in [-0.39, 0.29) is 0 Å². The van der Waals surface area contributed by atoms with Gasteiger partial charge in [-0.2, -0.15) is 0 Å². The number of rotatable bonds is 3. The van der Waals surface area contributed by atoms with Gasteiger partial charge in [0.25, 0.3) is 0 Å². The van der Waals surface area contributed by atoms with Crippen LogP contribution in [-0.2, 0) is 0 Å². The van der Waals surface area contributed by atoms with Crippen LogP contribution in [0.25, 0.3) is 0 Å². The van der Waals surface area contributed by atoms with Gasteiger partial charge in [-0.15, -0.1) is 0 Å². The van der Waals surface area contributed by atoms with E-state index in [0.29, 0.717) is 11.3 Å². The Morgan fingerprint density at radius 1 is 1.50 bits per heavy atom. The van der Waals surface area contributed by atoms with Crippen molar-refractivity contribution in [3.05, 3.63) is 29.8 Å². The van der Waals surface area contributed by atoms with Crippen molar-refractivity contribution < 1.29 is 12.3 Å². The predicted molar refractivity (Wildman–Crippen MR) is 47.6 cm³/mol. The van der Waals surface area contributed by atoms with Gasteiger partial charge in [-0.05, 0) is 24.3 Å². The minimum atomic E-state index is -1.82. The summed E-state index contributed by atoms with van der Waals surface area (Å²) >= 11 is 0. The molecule has 1 rings (SSSR count). The molecule has 0 bridgehead atoms. The van der Waals surface area contributed by atoms with Gasteiger partial charge in [0.2, 0.25) is 0 Å². The van der Waals surface area contributed by atoms with Gasteiger partial charge >= 0.3 is 0 Å². The van der Waals surface area contributed by atoms with Gasteiger partial charge < -0.3 is 4.74 Å². The van der Waals surface area contributed by atoms with Crippen molar-refractivity contribution in [2.45, 2.75) is 13.3 Å². The highest BCUT2D eigenvalue weighted by molar-refractivity contribution is 5.95. The van der Waals surface area contributed by atoms with E-state index < -0.39 is 12.2 Å². The lowest BCUT2D eigenvalue weighted by molar-refractivity contribution is 0.0988. The number of Topliss-reactive ketones (excluding diaryl/α,β-unsaturated/α-hetero) is 1. The number of ether oxygens (including phenoxy) is 1. The highest BCUT2D eigenvalue weighted by Crippen LogP contribution is 2.12. The van der Waals surface area contributed by atoms with E-state index >= 15 is 0 Å². The first-order valence-corrected chi connectivity index (χ1v) is 3.64. The minimum Gasteiger partial charge on any atom is -0.497 e. The topological polar surface area (TPSA) is 26.3 Å². The fourth-order valence-electron chi connectivity index (χ4n) is 0.887. The lowest BCUT2D eigenvalue weighted by Gasteiger charge is -2.00. The molecule has 2 nitrogen and oxygen atoms in total. The molecule has 0 saturated heterocycles. The fraction of sp³-hybridized carbons (Fsp3) is 0.300. The molecule has 1 aromatic carbocycles. The summed E-state index contributed by atoms with van der Waals surface area (Å²) in [4.78, 5) is 11.5. The Bertz CT molecular complexity index is 325. The molecule has 0 saturated carbocycles. The molecule has 0 aliphatic rings. The lowest BCUT2D eigenvalue weighted by atomic mass is 10.1. The summed E-state index contributed by atoms with van der Waals surface area (Å²) in [5.74, 6) is 0.137. The third kappa shape index (κ3) is 1.84. The molecule has 2 heteroatoms. The molecule has 0 amide bonds. The summed E-state index contributed by atoms with van der Waals surface area (Å²) < 4.78 is 19.4. The van der Waals surface area contributed by atoms with Crippen LogP contribution in [0.5, 0.6) is 5.75 Å². The Kier molecular flexibility index (Phi) is 2.03. The summed E-state index contributed by atoms with van der Waals surface area (Å²) in [6.45, 7) is 1.25. The molecule has 0 fully saturated rings. The number of hydrogen-bond donors (Lipinski definition) is 0. The summed E-state index contributed by atoms with van der Waals surface area (Å²) in [7, 11) is 1.54. The largest absolute Gasteiger partial charge is 0.497 e. The van der Waals surface area contributed by atoms with E-state index in [1.54, 1.807) is 24.3 Å². The Labute approximate surface area is 75.0 Å². The van der Waals surface area contributed by atoms with Crippen LogP contribution in [0, 0.1) is 0 Å². The fourth-order valence-corrected chi connectivity index (χ4v) is 0.887. The van der Waals surface area contributed by atoms with E-state index in [2.05, 4.69) is 0 Å². The quantitative estimate of drug-likeness (QED) is 0.644. The van der Waals surface area contributed by atoms with Crippen LogP contribution in [0.15, 0.2) is 24.3 Å². The molecule has 64 valence electrons. The highest BCUT2D eigenvalue weighted by Gasteiger charge is 2.01. The molecule has 1 aromatic rings. The van der Waals surface area contributed by atoms with Crippen LogP contribution >= 0.6 is 0 Å². The standard InChI is InChI=1S/C10H12O2/c1-3-10(11)8-4-6-9(12-2)7-5-8/h4-7H,3H2,1-2H3/i3D2. The maximum atomic E-state index is 11.5. The summed E-state index contributed by atoms with van der Waals surface area (Å²) in [5.41, 5.74) is 0.360. The molecule has 0 aromatic heterocycles. The molecule has 12 heavy (non-hydrogen) atoms. The second-order valence-electron chi connectivity index (χ2n) is 2.31. The monoisotopic (exact) mass is 166 g/mol. The van der Waals surface area contributed by atoms with Crippen molar-refractivity contribution >= 4 is 5.78 Å². The first-order valence-electron chi connectivity index (χ1n) is 4.64. The highest BCUT2D eigenvalue weighted by atomic mass is 16.5. The third-order valence-electron chi connectivity index (χ3n) is 1.58. The normalized spacial score (nSPS) is 13.2. The van der Waals surface area contributed by atoms with Crippen molar-refractivity contribution in [1.82, 2.24) is 0 Å². The van der Waals surface area contributed by atoms with Gasteiger partial charge in [-0.25, -0.2) is 0 Å². The van der Waals surface area contributed by atoms with Crippen molar-refractivity contribution in [3.63, 3.8) is 0 Å². The maximum absolute atomic E-state index is 11.5. The Hall–Kier alpha value is -1.31. The molecule has 0 N–H and O–H groups in total. The number of carbonyl (C=O) groups excluding carboxylic acids is 1. The first kappa shape index (κ1) is 6.23. The van der Waals surface area contributed by atoms with E-state index in [1.165, 1.54) is 14.0 Å². The number of ketones is 1. The molecular formula is C10H12O2. The molecular weight excluding hydrogens is 152 g/mol. The summed E-state index contributed by atoms with van der Waals surface area (Å²) in [6, 6.07) is 6.39. The zero-order chi connectivity index (χ0) is 10.8. The zero-order valence-corrected chi connectivity index (χ0v) is 7.13. The minimum absolute atomic E-state index is 0.360. The number of methoxy groups -OCH3 is 1. The molecule has 0 unspecified atom stereocenters. The number of benzene rings is 1. The Balaban J connectivity index is 2.93. The van der Waals surface area contributed by atoms with Gasteiger partial charge in [-0.1, -0.05) is 6.92 Å². The molecule has 0 aliphatic carbocycles. The zero-order valence-electron chi connectivity index (χ0n) is 9.13. The summed E-state index contributed by atoms with van der Waals surface area (Å²) in [6.07, 6.45) is -1.82. The van der Waals surface area contributed by atoms with E-state index in [4.69, 9.17) is 7.48 Å². The average molecular weight is 166 g/mol. The Morgan fingerprint density at radius 2 is 2.08 bits per heavy atom. The maximum Gasteiger partial charge on any atom is 0.162 e. The smallest absolute Gasteiger partial charge is 0.162 e. The van der Waals surface area contributed by atoms with Crippen LogP contribution in [0.3, 0.4) is 0 Å². The van der Waals surface area contributed by atoms with Gasteiger partial charge in [0.1, 0.15) is 5.75 Å². The Morgan fingerprint density at radius 3 is 2.50 bits per heavy atom. The van der Waals surface area contributed by atoms with Crippen molar-refractivity contribution in [1.29, 1.82) is 0 Å². The van der Waals surface area contributed by atoms with E-state index in [0.717, 1.165) is 0 Å². The molecule has 0 atom stereocenters. The van der Waals surface area contributed by atoms with Gasteiger partial charge in [0, 0.05) is 14.7 Å². The van der Waals surface area contributed by atoms with Gasteiger partial charge in [0.15, 0.2) is 5.78 Å². The third-order valence-corrected chi connectivity index (χ3v) is 1.58. The summed E-state index contributed by atoms with van der Waals surface area (Å²) in [5, 5.41) is 0. The average Bonchev–Trinajstić information content (AvgIpc) is 2.15. The van der Waals surface area contributed by atoms with E-state index in [9.17, 15) is 4.79 Å². The van der Waals surface area contributed by atoms with E-state index in [1.807, 2.05) is 0 Å². The predicted octanol–water partition coefficient (Wildman–Crippen LogP) is 2.29. The molecule has 0 radical (unpaired) electrons. The second kappa shape index (κ2) is 3.90. The van der Waals surface area contributed by atoms with Crippen molar-refractivity contribution in [3.8, 4) is 5.75 Å². The SMILES string of the molecule is [2H]C([2H])(C)C(=O)c1ccc(OC)cc1. The number of hydrogen-bond acceptors (Lipinski definition) is 2. The lowest BCUT2D eigenvalue weighted by Crippen LogP contribution is -1.95. The van der Waals surface area contributed by atoms with Crippen molar-refractivity contribution in [2.24, 2.45) is 0 Å². The second-order valence-corrected chi connectivity index (χ2v) is 2.31. The molecule has 0 heterocycles.